The molecular formula is C59H36N4S. The highest BCUT2D eigenvalue weighted by Gasteiger charge is 2.21. The van der Waals surface area contributed by atoms with Crippen molar-refractivity contribution >= 4 is 74.9 Å². The normalized spacial score (nSPS) is 12.8. The number of nitrogens with zero attached hydrogens (tertiary/aromatic N) is 4. The van der Waals surface area contributed by atoms with Crippen LogP contribution in [0.4, 0.5) is 0 Å². The molecule has 3 heterocycles. The fraction of sp³-hybridized carbons (Fsp3) is 0. The van der Waals surface area contributed by atoms with E-state index in [9.17, 15) is 0 Å². The summed E-state index contributed by atoms with van der Waals surface area (Å²) in [4.78, 5) is 15.4. The second-order valence-electron chi connectivity index (χ2n) is 16.0. The molecule has 3 aromatic heterocycles. The molecule has 0 amide bonds. The summed E-state index contributed by atoms with van der Waals surface area (Å²) in [5.74, 6) is 0.616. The second kappa shape index (κ2) is 14.7. The lowest BCUT2D eigenvalue weighted by Crippen LogP contribution is -2.01. The van der Waals surface area contributed by atoms with Crippen molar-refractivity contribution in [2.24, 2.45) is 0 Å². The number of aromatic nitrogens is 4. The molecule has 13 aromatic rings. The first-order valence-corrected chi connectivity index (χ1v) is 22.0. The van der Waals surface area contributed by atoms with Gasteiger partial charge in [0.2, 0.25) is 0 Å². The molecule has 0 fully saturated rings. The van der Waals surface area contributed by atoms with Crippen molar-refractivity contribution in [3.8, 4) is 62.1 Å². The van der Waals surface area contributed by atoms with Gasteiger partial charge >= 0.3 is 0 Å². The van der Waals surface area contributed by atoms with Gasteiger partial charge in [-0.05, 0) is 86.3 Å². The van der Waals surface area contributed by atoms with Gasteiger partial charge in [0.1, 0.15) is 0 Å². The average molecular weight is 838 g/mol. The summed E-state index contributed by atoms with van der Waals surface area (Å²) in [7, 11) is 0. The third-order valence-corrected chi connectivity index (χ3v) is 13.5. The van der Waals surface area contributed by atoms with E-state index >= 15 is 0 Å². The summed E-state index contributed by atoms with van der Waals surface area (Å²) in [5, 5.41) is 8.58. The Morgan fingerprint density at radius 1 is 0.375 bits per heavy atom. The van der Waals surface area contributed by atoms with E-state index in [1.165, 1.54) is 0 Å². The van der Waals surface area contributed by atoms with Gasteiger partial charge in [0.05, 0.1) is 17.9 Å². The van der Waals surface area contributed by atoms with Crippen LogP contribution in [-0.2, 0) is 0 Å². The maximum absolute atomic E-state index is 9.09. The highest BCUT2D eigenvalue weighted by molar-refractivity contribution is 7.26. The molecule has 0 aliphatic heterocycles. The highest BCUT2D eigenvalue weighted by Crippen LogP contribution is 2.44. The minimum absolute atomic E-state index is 0.0119. The Morgan fingerprint density at radius 3 is 1.75 bits per heavy atom. The van der Waals surface area contributed by atoms with Gasteiger partial charge in [0.15, 0.2) is 17.5 Å². The molecule has 0 spiro atoms. The van der Waals surface area contributed by atoms with Gasteiger partial charge in [-0.15, -0.1) is 11.3 Å². The van der Waals surface area contributed by atoms with Gasteiger partial charge in [-0.2, -0.15) is 0 Å². The molecule has 0 atom stereocenters. The summed E-state index contributed by atoms with van der Waals surface area (Å²) >= 11 is 1.66. The minimum atomic E-state index is -0.485. The Morgan fingerprint density at radius 2 is 0.969 bits per heavy atom. The van der Waals surface area contributed by atoms with Gasteiger partial charge < -0.3 is 4.57 Å². The number of fused-ring (bicyclic) bond motifs is 9. The SMILES string of the molecule is [2H]c1c([2H])c([2H])c(-c2nc(-c3ccc4ccc5ccccc5c4c3)nc(-c3cc(-n4c5ccccc5c5ccccc54)cc4c3sc3cc(-c5cccc(-c6ccccc6)c5)ccc34)n2)c([2H])c1[2H]. The standard InChI is InChI=1S/C59H36N4S/c1-3-14-37(15-4-1)41-19-13-20-42(32-41)43-30-31-49-51-35-45(63-53-24-11-9-22-47(53)48-23-10-12-25-54(48)63)36-52(56(51)64-55(49)34-43)59-61-57(40-17-5-2-6-18-40)60-58(62-59)44-29-28-39-27-26-38-16-7-8-21-46(38)50(39)33-44/h1-36H/i2D,5D,6D,17D,18D. The van der Waals surface area contributed by atoms with E-state index < -0.39 is 18.1 Å². The monoisotopic (exact) mass is 837 g/mol. The quantitative estimate of drug-likeness (QED) is 0.157. The average Bonchev–Trinajstić information content (AvgIpc) is 3.95. The van der Waals surface area contributed by atoms with Crippen molar-refractivity contribution in [1.29, 1.82) is 0 Å². The van der Waals surface area contributed by atoms with Gasteiger partial charge in [0, 0.05) is 53.3 Å². The molecule has 0 aliphatic rings. The van der Waals surface area contributed by atoms with Crippen LogP contribution in [0.3, 0.4) is 0 Å². The number of hydrogen-bond acceptors (Lipinski definition) is 4. The summed E-state index contributed by atoms with van der Waals surface area (Å²) in [6, 6.07) is 63.2. The third-order valence-electron chi connectivity index (χ3n) is 12.3. The van der Waals surface area contributed by atoms with Gasteiger partial charge in [-0.1, -0.05) is 176 Å². The Balaban J connectivity index is 1.10. The fourth-order valence-electron chi connectivity index (χ4n) is 9.29. The van der Waals surface area contributed by atoms with Gasteiger partial charge in [-0.3, -0.25) is 0 Å². The van der Waals surface area contributed by atoms with Gasteiger partial charge in [-0.25, -0.2) is 15.0 Å². The molecule has 0 radical (unpaired) electrons. The van der Waals surface area contributed by atoms with Crippen molar-refractivity contribution in [2.75, 3.05) is 0 Å². The minimum Gasteiger partial charge on any atom is -0.309 e. The summed E-state index contributed by atoms with van der Waals surface area (Å²) in [6.07, 6.45) is 0. The van der Waals surface area contributed by atoms with Gasteiger partial charge in [0.25, 0.3) is 0 Å². The molecule has 13 rings (SSSR count). The Bertz CT molecular complexity index is 4200. The maximum atomic E-state index is 9.09. The Labute approximate surface area is 380 Å². The van der Waals surface area contributed by atoms with Crippen molar-refractivity contribution in [3.05, 3.63) is 218 Å². The van der Waals surface area contributed by atoms with Crippen LogP contribution < -0.4 is 0 Å². The number of para-hydroxylation sites is 2. The second-order valence-corrected chi connectivity index (χ2v) is 17.1. The zero-order valence-electron chi connectivity index (χ0n) is 39.1. The molecule has 64 heavy (non-hydrogen) atoms. The Kier molecular flexibility index (Phi) is 7.25. The predicted octanol–water partition coefficient (Wildman–Crippen LogP) is 16.0. The van der Waals surface area contributed by atoms with E-state index in [0.29, 0.717) is 17.2 Å². The van der Waals surface area contributed by atoms with E-state index in [1.807, 2.05) is 30.3 Å². The fourth-order valence-corrected chi connectivity index (χ4v) is 10.5. The zero-order valence-corrected chi connectivity index (χ0v) is 34.9. The molecule has 0 saturated carbocycles. The molecule has 4 nitrogen and oxygen atoms in total. The van der Waals surface area contributed by atoms with E-state index in [-0.39, 0.29) is 23.5 Å². The first-order chi connectivity index (χ1) is 33.8. The largest absolute Gasteiger partial charge is 0.309 e. The van der Waals surface area contributed by atoms with Crippen LogP contribution >= 0.6 is 11.3 Å². The van der Waals surface area contributed by atoms with Crippen LogP contribution in [0.15, 0.2) is 218 Å². The topological polar surface area (TPSA) is 43.6 Å². The van der Waals surface area contributed by atoms with Crippen LogP contribution in [0.1, 0.15) is 6.85 Å². The molecule has 0 unspecified atom stereocenters. The number of hydrogen-bond donors (Lipinski definition) is 0. The molecule has 10 aromatic carbocycles. The zero-order chi connectivity index (χ0) is 46.5. The van der Waals surface area contributed by atoms with Crippen molar-refractivity contribution in [2.45, 2.75) is 0 Å². The lowest BCUT2D eigenvalue weighted by molar-refractivity contribution is 1.08. The number of thiophene rings is 1. The maximum Gasteiger partial charge on any atom is 0.165 e. The molecule has 298 valence electrons. The molecular weight excluding hydrogens is 797 g/mol. The van der Waals surface area contributed by atoms with Crippen LogP contribution in [0.5, 0.6) is 0 Å². The molecule has 0 aliphatic carbocycles. The lowest BCUT2D eigenvalue weighted by Gasteiger charge is -2.13. The van der Waals surface area contributed by atoms with Crippen LogP contribution in [0.2, 0.25) is 0 Å². The third kappa shape index (κ3) is 6.01. The molecule has 0 N–H and O–H groups in total. The van der Waals surface area contributed by atoms with E-state index in [0.717, 1.165) is 97.0 Å². The number of rotatable bonds is 6. The number of benzene rings is 10. The molecule has 0 saturated heterocycles. The lowest BCUT2D eigenvalue weighted by atomic mass is 9.98. The first-order valence-electron chi connectivity index (χ1n) is 23.7. The van der Waals surface area contributed by atoms with E-state index in [2.05, 4.69) is 162 Å². The summed E-state index contributed by atoms with van der Waals surface area (Å²) in [6.45, 7) is 0. The smallest absolute Gasteiger partial charge is 0.165 e. The summed E-state index contributed by atoms with van der Waals surface area (Å²) < 4.78 is 48.2. The van der Waals surface area contributed by atoms with Crippen LogP contribution in [0.25, 0.3) is 126 Å². The molecule has 5 heteroatoms. The van der Waals surface area contributed by atoms with Crippen molar-refractivity contribution in [1.82, 2.24) is 19.5 Å². The predicted molar refractivity (Wildman–Crippen MR) is 269 cm³/mol. The first kappa shape index (κ1) is 31.6. The Hall–Kier alpha value is -8.25. The van der Waals surface area contributed by atoms with Crippen molar-refractivity contribution < 1.29 is 6.85 Å². The molecule has 0 bridgehead atoms. The van der Waals surface area contributed by atoms with E-state index in [4.69, 9.17) is 21.8 Å². The highest BCUT2D eigenvalue weighted by atomic mass is 32.1. The van der Waals surface area contributed by atoms with E-state index in [1.54, 1.807) is 11.3 Å². The summed E-state index contributed by atoms with van der Waals surface area (Å²) in [5.41, 5.74) is 8.81. The van der Waals surface area contributed by atoms with Crippen LogP contribution in [-0.4, -0.2) is 19.5 Å². The van der Waals surface area contributed by atoms with Crippen LogP contribution in [0, 0.1) is 0 Å². The van der Waals surface area contributed by atoms with Crippen molar-refractivity contribution in [3.63, 3.8) is 0 Å².